The second-order valence-electron chi connectivity index (χ2n) is 4.31. The molecule has 2 aromatic rings. The summed E-state index contributed by atoms with van der Waals surface area (Å²) in [5, 5.41) is 0.191. The van der Waals surface area contributed by atoms with Crippen LogP contribution in [0, 0.1) is 0 Å². The van der Waals surface area contributed by atoms with Crippen LogP contribution in [0.5, 0.6) is 0 Å². The molecule has 0 aliphatic rings. The van der Waals surface area contributed by atoms with Gasteiger partial charge in [0.05, 0.1) is 11.1 Å². The molecule has 0 spiro atoms. The Morgan fingerprint density at radius 3 is 2.58 bits per heavy atom. The molecule has 1 atom stereocenters. The molecule has 1 aromatic carbocycles. The standard InChI is InChI=1S/C12H11ClF3N3/c1-6(17)5-9-18-10-7(11(13)19-9)3-2-4-8(10)12(14,15)16/h2-4,6H,5,17H2,1H3. The summed E-state index contributed by atoms with van der Waals surface area (Å²) in [6, 6.07) is 3.46. The first kappa shape index (κ1) is 14.0. The Kier molecular flexibility index (Phi) is 3.64. The Hall–Kier alpha value is -1.40. The van der Waals surface area contributed by atoms with E-state index in [1.165, 1.54) is 12.1 Å². The van der Waals surface area contributed by atoms with Gasteiger partial charge in [0.1, 0.15) is 11.0 Å². The number of fused-ring (bicyclic) bond motifs is 1. The first-order valence-electron chi connectivity index (χ1n) is 5.57. The first-order chi connectivity index (χ1) is 8.79. The van der Waals surface area contributed by atoms with Crippen molar-refractivity contribution < 1.29 is 13.2 Å². The lowest BCUT2D eigenvalue weighted by Gasteiger charge is -2.12. The molecule has 0 aliphatic carbocycles. The van der Waals surface area contributed by atoms with E-state index in [1.54, 1.807) is 6.92 Å². The topological polar surface area (TPSA) is 51.8 Å². The van der Waals surface area contributed by atoms with Crippen LogP contribution in [0.25, 0.3) is 10.9 Å². The summed E-state index contributed by atoms with van der Waals surface area (Å²) in [7, 11) is 0. The highest BCUT2D eigenvalue weighted by atomic mass is 35.5. The number of nitrogens with two attached hydrogens (primary N) is 1. The average Bonchev–Trinajstić information content (AvgIpc) is 2.26. The maximum atomic E-state index is 12.9. The van der Waals surface area contributed by atoms with Crippen LogP contribution in [0.2, 0.25) is 5.15 Å². The van der Waals surface area contributed by atoms with Crippen molar-refractivity contribution in [2.24, 2.45) is 5.73 Å². The van der Waals surface area contributed by atoms with Gasteiger partial charge in [-0.15, -0.1) is 0 Å². The largest absolute Gasteiger partial charge is 0.418 e. The van der Waals surface area contributed by atoms with Crippen molar-refractivity contribution in [1.29, 1.82) is 0 Å². The minimum absolute atomic E-state index is 0.00625. The van der Waals surface area contributed by atoms with Crippen molar-refractivity contribution in [3.05, 3.63) is 34.7 Å². The van der Waals surface area contributed by atoms with Gasteiger partial charge in [-0.3, -0.25) is 0 Å². The number of nitrogens with zero attached hydrogens (tertiary/aromatic N) is 2. The third kappa shape index (κ3) is 2.96. The van der Waals surface area contributed by atoms with Crippen LogP contribution in [-0.2, 0) is 12.6 Å². The van der Waals surface area contributed by atoms with Crippen molar-refractivity contribution in [3.63, 3.8) is 0 Å². The maximum Gasteiger partial charge on any atom is 0.418 e. The van der Waals surface area contributed by atoms with Gasteiger partial charge in [0.25, 0.3) is 0 Å². The molecule has 1 heterocycles. The molecular weight excluding hydrogens is 279 g/mol. The molecule has 2 rings (SSSR count). The highest BCUT2D eigenvalue weighted by Gasteiger charge is 2.33. The average molecular weight is 290 g/mol. The zero-order chi connectivity index (χ0) is 14.2. The van der Waals surface area contributed by atoms with Crippen molar-refractivity contribution >= 4 is 22.5 Å². The third-order valence-corrected chi connectivity index (χ3v) is 2.82. The summed E-state index contributed by atoms with van der Waals surface area (Å²) in [6.07, 6.45) is -4.22. The van der Waals surface area contributed by atoms with E-state index in [2.05, 4.69) is 9.97 Å². The number of alkyl halides is 3. The van der Waals surface area contributed by atoms with Crippen LogP contribution >= 0.6 is 11.6 Å². The Labute approximate surface area is 112 Å². The van der Waals surface area contributed by atoms with E-state index in [4.69, 9.17) is 17.3 Å². The van der Waals surface area contributed by atoms with Gasteiger partial charge in [0.2, 0.25) is 0 Å². The molecule has 0 aliphatic heterocycles. The van der Waals surface area contributed by atoms with Crippen LogP contribution in [0.4, 0.5) is 13.2 Å². The van der Waals surface area contributed by atoms with Gasteiger partial charge in [-0.05, 0) is 19.1 Å². The smallest absolute Gasteiger partial charge is 0.328 e. The molecule has 19 heavy (non-hydrogen) atoms. The molecule has 1 unspecified atom stereocenters. The summed E-state index contributed by atoms with van der Waals surface area (Å²) in [5.41, 5.74) is 4.59. The highest BCUT2D eigenvalue weighted by molar-refractivity contribution is 6.34. The fourth-order valence-electron chi connectivity index (χ4n) is 1.77. The van der Waals surface area contributed by atoms with E-state index in [-0.39, 0.29) is 34.3 Å². The normalized spacial score (nSPS) is 13.8. The molecule has 102 valence electrons. The SMILES string of the molecule is CC(N)Cc1nc(Cl)c2cccc(C(F)(F)F)c2n1. The Morgan fingerprint density at radius 1 is 1.32 bits per heavy atom. The van der Waals surface area contributed by atoms with E-state index < -0.39 is 11.7 Å². The van der Waals surface area contributed by atoms with Crippen LogP contribution in [-0.4, -0.2) is 16.0 Å². The van der Waals surface area contributed by atoms with E-state index in [9.17, 15) is 13.2 Å². The highest BCUT2D eigenvalue weighted by Crippen LogP contribution is 2.35. The number of hydrogen-bond acceptors (Lipinski definition) is 3. The zero-order valence-electron chi connectivity index (χ0n) is 10.0. The number of para-hydroxylation sites is 1. The number of aromatic nitrogens is 2. The lowest BCUT2D eigenvalue weighted by atomic mass is 10.1. The Morgan fingerprint density at radius 2 is 2.00 bits per heavy atom. The van der Waals surface area contributed by atoms with Gasteiger partial charge in [-0.2, -0.15) is 13.2 Å². The number of benzene rings is 1. The molecule has 3 nitrogen and oxygen atoms in total. The van der Waals surface area contributed by atoms with Gasteiger partial charge in [-0.1, -0.05) is 17.7 Å². The Balaban J connectivity index is 2.69. The van der Waals surface area contributed by atoms with Crippen molar-refractivity contribution in [2.75, 3.05) is 0 Å². The molecule has 0 amide bonds. The second-order valence-corrected chi connectivity index (χ2v) is 4.67. The van der Waals surface area contributed by atoms with Crippen molar-refractivity contribution in [2.45, 2.75) is 25.6 Å². The molecule has 0 saturated carbocycles. The summed E-state index contributed by atoms with van der Waals surface area (Å²) in [6.45, 7) is 1.72. The van der Waals surface area contributed by atoms with Gasteiger partial charge in [0, 0.05) is 17.8 Å². The Bertz CT molecular complexity index is 611. The molecule has 0 bridgehead atoms. The van der Waals surface area contributed by atoms with E-state index in [1.807, 2.05) is 0 Å². The van der Waals surface area contributed by atoms with E-state index in [0.717, 1.165) is 6.07 Å². The molecule has 2 N–H and O–H groups in total. The van der Waals surface area contributed by atoms with Crippen molar-refractivity contribution in [3.8, 4) is 0 Å². The lowest BCUT2D eigenvalue weighted by molar-refractivity contribution is -0.136. The van der Waals surface area contributed by atoms with Gasteiger partial charge < -0.3 is 5.73 Å². The number of rotatable bonds is 2. The maximum absolute atomic E-state index is 12.9. The zero-order valence-corrected chi connectivity index (χ0v) is 10.8. The van der Waals surface area contributed by atoms with Gasteiger partial charge in [0.15, 0.2) is 0 Å². The molecule has 0 saturated heterocycles. The van der Waals surface area contributed by atoms with Crippen LogP contribution < -0.4 is 5.73 Å². The number of hydrogen-bond donors (Lipinski definition) is 1. The quantitative estimate of drug-likeness (QED) is 0.864. The monoisotopic (exact) mass is 289 g/mol. The van der Waals surface area contributed by atoms with Gasteiger partial charge in [-0.25, -0.2) is 9.97 Å². The molecule has 0 radical (unpaired) electrons. The fourth-order valence-corrected chi connectivity index (χ4v) is 2.02. The van der Waals surface area contributed by atoms with E-state index in [0.29, 0.717) is 0 Å². The first-order valence-corrected chi connectivity index (χ1v) is 5.94. The minimum Gasteiger partial charge on any atom is -0.328 e. The van der Waals surface area contributed by atoms with Gasteiger partial charge >= 0.3 is 6.18 Å². The molecular formula is C12H11ClF3N3. The summed E-state index contributed by atoms with van der Waals surface area (Å²) >= 11 is 5.91. The second kappa shape index (κ2) is 4.94. The van der Waals surface area contributed by atoms with Crippen molar-refractivity contribution in [1.82, 2.24) is 9.97 Å². The lowest BCUT2D eigenvalue weighted by Crippen LogP contribution is -2.19. The minimum atomic E-state index is -4.48. The molecule has 0 fully saturated rings. The number of halogens is 4. The predicted octanol–water partition coefficient (Wildman–Crippen LogP) is 3.19. The summed E-state index contributed by atoms with van der Waals surface area (Å²) in [5.74, 6) is 0.212. The third-order valence-electron chi connectivity index (χ3n) is 2.54. The molecule has 1 aromatic heterocycles. The summed E-state index contributed by atoms with van der Waals surface area (Å²) < 4.78 is 38.7. The summed E-state index contributed by atoms with van der Waals surface area (Å²) in [4.78, 5) is 7.92. The van der Waals surface area contributed by atoms with Crippen LogP contribution in [0.15, 0.2) is 18.2 Å². The molecule has 7 heteroatoms. The predicted molar refractivity (Wildman–Crippen MR) is 66.9 cm³/mol. The van der Waals surface area contributed by atoms with Crippen LogP contribution in [0.3, 0.4) is 0 Å². The van der Waals surface area contributed by atoms with Crippen LogP contribution in [0.1, 0.15) is 18.3 Å². The fraction of sp³-hybridized carbons (Fsp3) is 0.333. The van der Waals surface area contributed by atoms with E-state index >= 15 is 0 Å².